The molecule has 1 saturated heterocycles. The second-order valence-electron chi connectivity index (χ2n) is 9.62. The van der Waals surface area contributed by atoms with Crippen LogP contribution in [0.4, 0.5) is 11.4 Å². The molecule has 1 aliphatic heterocycles. The molecule has 10 heteroatoms. The maximum absolute atomic E-state index is 13.0. The Morgan fingerprint density at radius 3 is 2.03 bits per heavy atom. The number of nitro benzene ring substituents is 2. The third-order valence-electron chi connectivity index (χ3n) is 5.83. The van der Waals surface area contributed by atoms with E-state index in [0.29, 0.717) is 25.0 Å². The molecule has 0 spiro atoms. The van der Waals surface area contributed by atoms with Gasteiger partial charge >= 0.3 is 5.97 Å². The summed E-state index contributed by atoms with van der Waals surface area (Å²) in [7, 11) is 0. The minimum atomic E-state index is -0.925. The van der Waals surface area contributed by atoms with E-state index in [1.165, 1.54) is 0 Å². The van der Waals surface area contributed by atoms with E-state index in [4.69, 9.17) is 4.74 Å². The van der Waals surface area contributed by atoms with Gasteiger partial charge in [-0.3, -0.25) is 20.2 Å². The summed E-state index contributed by atoms with van der Waals surface area (Å²) in [4.78, 5) is 33.4. The van der Waals surface area contributed by atoms with E-state index < -0.39 is 38.3 Å². The molecule has 0 amide bonds. The highest BCUT2D eigenvalue weighted by Gasteiger charge is 2.57. The van der Waals surface area contributed by atoms with Gasteiger partial charge in [-0.05, 0) is 44.6 Å². The van der Waals surface area contributed by atoms with Crippen molar-refractivity contribution in [2.24, 2.45) is 5.41 Å². The monoisotopic (exact) mass is 418 g/mol. The summed E-state index contributed by atoms with van der Waals surface area (Å²) in [5.41, 5.74) is -2.54. The van der Waals surface area contributed by atoms with Gasteiger partial charge in [0, 0.05) is 24.1 Å². The van der Waals surface area contributed by atoms with Crippen molar-refractivity contribution in [3.05, 3.63) is 55.3 Å². The molecule has 0 saturated carbocycles. The first kappa shape index (κ1) is 21.8. The first-order valence-electron chi connectivity index (χ1n) is 9.52. The Hall–Kier alpha value is -2.85. The van der Waals surface area contributed by atoms with Crippen molar-refractivity contribution in [1.82, 2.24) is 5.06 Å². The molecule has 1 aromatic rings. The lowest BCUT2D eigenvalue weighted by molar-refractivity contribution is -0.394. The standard InChI is InChI=1S/C20H24N3O7/c1-18(2)10-16(15-9-19(3,4)23(29)20(15,5)11-18)30-17(24)12-6-13(21(25)26)8-14(7-12)22(27)28/h6-8H,9-11H2,1-5H3/t20-/m0/s1. The van der Waals surface area contributed by atoms with Gasteiger partial charge < -0.3 is 4.74 Å². The molecule has 0 aromatic heterocycles. The van der Waals surface area contributed by atoms with Crippen LogP contribution in [-0.4, -0.2) is 32.0 Å². The second kappa shape index (κ2) is 6.85. The first-order valence-corrected chi connectivity index (χ1v) is 9.52. The minimum Gasteiger partial charge on any atom is -0.427 e. The summed E-state index contributed by atoms with van der Waals surface area (Å²) in [6, 6.07) is 2.69. The van der Waals surface area contributed by atoms with Crippen LogP contribution in [0.3, 0.4) is 0 Å². The number of esters is 1. The van der Waals surface area contributed by atoms with Gasteiger partial charge in [0.1, 0.15) is 5.76 Å². The largest absolute Gasteiger partial charge is 0.427 e. The third-order valence-corrected chi connectivity index (χ3v) is 5.83. The highest BCUT2D eigenvalue weighted by molar-refractivity contribution is 5.91. The van der Waals surface area contributed by atoms with E-state index in [1.807, 2.05) is 34.6 Å². The number of non-ortho nitro benzene ring substituents is 2. The van der Waals surface area contributed by atoms with E-state index in [1.54, 1.807) is 0 Å². The molecule has 30 heavy (non-hydrogen) atoms. The van der Waals surface area contributed by atoms with Crippen LogP contribution in [-0.2, 0) is 9.94 Å². The normalized spacial score (nSPS) is 25.0. The molecule has 3 rings (SSSR count). The van der Waals surface area contributed by atoms with Gasteiger partial charge in [-0.1, -0.05) is 13.8 Å². The molecule has 10 nitrogen and oxygen atoms in total. The fraction of sp³-hybridized carbons (Fsp3) is 0.550. The number of ether oxygens (including phenoxy) is 1. The minimum absolute atomic E-state index is 0.287. The predicted molar refractivity (Wildman–Crippen MR) is 105 cm³/mol. The fourth-order valence-corrected chi connectivity index (χ4v) is 4.79. The maximum Gasteiger partial charge on any atom is 0.343 e. The quantitative estimate of drug-likeness (QED) is 0.403. The second-order valence-corrected chi connectivity index (χ2v) is 9.62. The number of carbonyl (C=O) groups excluding carboxylic acids is 1. The van der Waals surface area contributed by atoms with Gasteiger partial charge in [0.05, 0.1) is 27.0 Å². The number of allylic oxidation sites excluding steroid dienone is 1. The Morgan fingerprint density at radius 2 is 1.53 bits per heavy atom. The molecule has 1 aromatic carbocycles. The Morgan fingerprint density at radius 1 is 1.00 bits per heavy atom. The molecule has 0 N–H and O–H groups in total. The zero-order valence-corrected chi connectivity index (χ0v) is 17.6. The van der Waals surface area contributed by atoms with Crippen molar-refractivity contribution in [3.8, 4) is 0 Å². The summed E-state index contributed by atoms with van der Waals surface area (Å²) >= 11 is 0. The fourth-order valence-electron chi connectivity index (χ4n) is 4.79. The van der Waals surface area contributed by atoms with Crippen molar-refractivity contribution in [1.29, 1.82) is 0 Å². The van der Waals surface area contributed by atoms with Crippen LogP contribution in [0.1, 0.15) is 64.2 Å². The van der Waals surface area contributed by atoms with E-state index in [2.05, 4.69) is 0 Å². The molecule has 1 fully saturated rings. The smallest absolute Gasteiger partial charge is 0.343 e. The number of hydrogen-bond donors (Lipinski definition) is 0. The van der Waals surface area contributed by atoms with E-state index >= 15 is 0 Å². The molecular weight excluding hydrogens is 394 g/mol. The van der Waals surface area contributed by atoms with Crippen molar-refractivity contribution in [2.75, 3.05) is 0 Å². The Balaban J connectivity index is 2.04. The summed E-state index contributed by atoms with van der Waals surface area (Å²) in [6.45, 7) is 9.43. The summed E-state index contributed by atoms with van der Waals surface area (Å²) in [5.74, 6) is -0.564. The molecule has 1 radical (unpaired) electrons. The Labute approximate surface area is 173 Å². The molecule has 0 unspecified atom stereocenters. The Kier molecular flexibility index (Phi) is 4.99. The van der Waals surface area contributed by atoms with Gasteiger partial charge in [-0.15, -0.1) is 10.3 Å². The van der Waals surface area contributed by atoms with Crippen molar-refractivity contribution >= 4 is 17.3 Å². The van der Waals surface area contributed by atoms with Crippen LogP contribution in [0, 0.1) is 25.6 Å². The number of fused-ring (bicyclic) bond motifs is 1. The lowest BCUT2D eigenvalue weighted by atomic mass is 9.68. The molecule has 1 aliphatic carbocycles. The van der Waals surface area contributed by atoms with Crippen LogP contribution < -0.4 is 0 Å². The number of rotatable bonds is 4. The zero-order chi connectivity index (χ0) is 22.6. The molecule has 161 valence electrons. The van der Waals surface area contributed by atoms with E-state index in [0.717, 1.165) is 28.8 Å². The van der Waals surface area contributed by atoms with E-state index in [9.17, 15) is 30.2 Å². The van der Waals surface area contributed by atoms with Crippen molar-refractivity contribution in [2.45, 2.75) is 65.0 Å². The number of benzene rings is 1. The number of nitrogens with zero attached hydrogens (tertiary/aromatic N) is 3. The van der Waals surface area contributed by atoms with Gasteiger partial charge in [0.2, 0.25) is 0 Å². The van der Waals surface area contributed by atoms with Crippen molar-refractivity contribution < 1.29 is 24.6 Å². The molecule has 2 aliphatic rings. The number of hydrogen-bond acceptors (Lipinski definition) is 7. The molecule has 1 heterocycles. The van der Waals surface area contributed by atoms with Crippen LogP contribution in [0.25, 0.3) is 0 Å². The summed E-state index contributed by atoms with van der Waals surface area (Å²) in [5, 5.41) is 36.3. The highest BCUT2D eigenvalue weighted by Crippen LogP contribution is 2.55. The van der Waals surface area contributed by atoms with Gasteiger partial charge in [-0.2, -0.15) is 0 Å². The average Bonchev–Trinajstić information content (AvgIpc) is 2.80. The lowest BCUT2D eigenvalue weighted by Crippen LogP contribution is -2.50. The first-order chi connectivity index (χ1) is 13.7. The summed E-state index contributed by atoms with van der Waals surface area (Å²) in [6.07, 6.45) is 1.41. The van der Waals surface area contributed by atoms with Crippen LogP contribution in [0.2, 0.25) is 0 Å². The van der Waals surface area contributed by atoms with Crippen LogP contribution in [0.15, 0.2) is 29.5 Å². The van der Waals surface area contributed by atoms with Crippen LogP contribution >= 0.6 is 0 Å². The van der Waals surface area contributed by atoms with Crippen LogP contribution in [0.5, 0.6) is 0 Å². The topological polar surface area (TPSA) is 136 Å². The number of hydroxylamine groups is 2. The van der Waals surface area contributed by atoms with Crippen molar-refractivity contribution in [3.63, 3.8) is 0 Å². The zero-order valence-electron chi connectivity index (χ0n) is 17.6. The SMILES string of the molecule is CC1(C)CC(OC(=O)c2cc([N+](=O)[O-])cc([N+](=O)[O-])c2)=C2CC(C)(C)N([O])[C@@]2(C)C1. The van der Waals surface area contributed by atoms with Gasteiger partial charge in [0.25, 0.3) is 11.4 Å². The molecule has 0 bridgehead atoms. The lowest BCUT2D eigenvalue weighted by Gasteiger charge is -2.44. The Bertz CT molecular complexity index is 950. The predicted octanol–water partition coefficient (Wildman–Crippen LogP) is 4.32. The average molecular weight is 418 g/mol. The number of nitro groups is 2. The molecular formula is C20H24N3O7. The highest BCUT2D eigenvalue weighted by atomic mass is 16.6. The third kappa shape index (κ3) is 3.68. The maximum atomic E-state index is 13.0. The van der Waals surface area contributed by atoms with Gasteiger partial charge in [0.15, 0.2) is 0 Å². The number of carbonyl (C=O) groups is 1. The summed E-state index contributed by atoms with van der Waals surface area (Å²) < 4.78 is 5.63. The van der Waals surface area contributed by atoms with Gasteiger partial charge in [-0.25, -0.2) is 4.79 Å². The molecule has 1 atom stereocenters. The van der Waals surface area contributed by atoms with E-state index in [-0.39, 0.29) is 11.0 Å².